The number of nitrogens with zero attached hydrogens (tertiary/aromatic N) is 1. The van der Waals surface area contributed by atoms with E-state index in [1.807, 2.05) is 18.2 Å². The van der Waals surface area contributed by atoms with Crippen LogP contribution in [0.3, 0.4) is 0 Å². The summed E-state index contributed by atoms with van der Waals surface area (Å²) in [4.78, 5) is 4.47. The lowest BCUT2D eigenvalue weighted by Crippen LogP contribution is -2.43. The highest BCUT2D eigenvalue weighted by atomic mass is 32.2. The van der Waals surface area contributed by atoms with Crippen molar-refractivity contribution >= 4 is 15.8 Å². The molecule has 2 N–H and O–H groups in total. The number of hydrogen-bond acceptors (Lipinski definition) is 4. The van der Waals surface area contributed by atoms with E-state index in [2.05, 4.69) is 21.7 Å². The monoisotopic (exact) mass is 373 g/mol. The van der Waals surface area contributed by atoms with E-state index in [1.54, 1.807) is 37.4 Å². The highest BCUT2D eigenvalue weighted by Crippen LogP contribution is 2.27. The lowest BCUT2D eigenvalue weighted by molar-refractivity contribution is 0.235. The van der Waals surface area contributed by atoms with E-state index in [-0.39, 0.29) is 18.4 Å². The largest absolute Gasteiger partial charge is 0.488 e. The Balaban J connectivity index is 1.44. The van der Waals surface area contributed by atoms with Crippen molar-refractivity contribution in [3.63, 3.8) is 0 Å². The van der Waals surface area contributed by atoms with Crippen LogP contribution in [0.5, 0.6) is 5.75 Å². The predicted octanol–water partition coefficient (Wildman–Crippen LogP) is 1.63. The first-order chi connectivity index (χ1) is 12.6. The van der Waals surface area contributed by atoms with Crippen molar-refractivity contribution in [3.8, 4) is 5.75 Å². The van der Waals surface area contributed by atoms with Crippen molar-refractivity contribution in [2.45, 2.75) is 17.4 Å². The van der Waals surface area contributed by atoms with Gasteiger partial charge in [0.15, 0.2) is 15.8 Å². The highest BCUT2D eigenvalue weighted by molar-refractivity contribution is 7.91. The van der Waals surface area contributed by atoms with Gasteiger partial charge in [-0.2, -0.15) is 0 Å². The van der Waals surface area contributed by atoms with Crippen LogP contribution in [0, 0.1) is 0 Å². The second kappa shape index (κ2) is 8.23. The Labute approximate surface area is 154 Å². The minimum absolute atomic E-state index is 0.00306. The van der Waals surface area contributed by atoms with Crippen molar-refractivity contribution < 1.29 is 13.2 Å². The van der Waals surface area contributed by atoms with Crippen LogP contribution < -0.4 is 15.4 Å². The summed E-state index contributed by atoms with van der Waals surface area (Å²) in [6.45, 7) is 0.877. The first-order valence-corrected chi connectivity index (χ1v) is 10.2. The van der Waals surface area contributed by atoms with Gasteiger partial charge in [0, 0.05) is 20.0 Å². The van der Waals surface area contributed by atoms with E-state index in [1.165, 1.54) is 5.56 Å². The van der Waals surface area contributed by atoms with E-state index in [4.69, 9.17) is 4.74 Å². The molecule has 0 aromatic heterocycles. The molecule has 26 heavy (non-hydrogen) atoms. The van der Waals surface area contributed by atoms with E-state index in [0.29, 0.717) is 17.4 Å². The molecule has 0 spiro atoms. The van der Waals surface area contributed by atoms with Gasteiger partial charge >= 0.3 is 0 Å². The molecule has 2 aromatic carbocycles. The van der Waals surface area contributed by atoms with Gasteiger partial charge in [-0.1, -0.05) is 36.4 Å². The van der Waals surface area contributed by atoms with Crippen molar-refractivity contribution in [3.05, 3.63) is 60.2 Å². The average Bonchev–Trinajstić information content (AvgIpc) is 3.08. The zero-order valence-electron chi connectivity index (χ0n) is 14.7. The Morgan fingerprint density at radius 3 is 2.58 bits per heavy atom. The van der Waals surface area contributed by atoms with Crippen LogP contribution in [0.4, 0.5) is 0 Å². The summed E-state index contributed by atoms with van der Waals surface area (Å²) in [5.41, 5.74) is 1.20. The number of nitrogens with one attached hydrogen (secondary N) is 2. The molecule has 1 aliphatic heterocycles. The fourth-order valence-electron chi connectivity index (χ4n) is 2.85. The summed E-state index contributed by atoms with van der Waals surface area (Å²) in [7, 11) is -1.64. The van der Waals surface area contributed by atoms with E-state index < -0.39 is 9.84 Å². The maximum Gasteiger partial charge on any atom is 0.191 e. The topological polar surface area (TPSA) is 79.8 Å². The molecule has 1 aliphatic rings. The minimum atomic E-state index is -3.30. The lowest BCUT2D eigenvalue weighted by atomic mass is 10.1. The van der Waals surface area contributed by atoms with Gasteiger partial charge in [0.2, 0.25) is 0 Å². The van der Waals surface area contributed by atoms with Crippen molar-refractivity contribution in [1.29, 1.82) is 0 Å². The lowest BCUT2D eigenvalue weighted by Gasteiger charge is -2.15. The molecule has 0 radical (unpaired) electrons. The normalized spacial score (nSPS) is 16.7. The van der Waals surface area contributed by atoms with Crippen molar-refractivity contribution in [2.24, 2.45) is 4.99 Å². The van der Waals surface area contributed by atoms with Crippen LogP contribution in [-0.4, -0.2) is 46.4 Å². The maximum atomic E-state index is 12.3. The van der Waals surface area contributed by atoms with Gasteiger partial charge in [-0.15, -0.1) is 0 Å². The molecular weight excluding hydrogens is 350 g/mol. The Hall–Kier alpha value is -2.54. The molecule has 0 bridgehead atoms. The fourth-order valence-corrected chi connectivity index (χ4v) is 4.03. The van der Waals surface area contributed by atoms with Gasteiger partial charge in [0.05, 0.1) is 17.2 Å². The van der Waals surface area contributed by atoms with Gasteiger partial charge in [-0.3, -0.25) is 4.99 Å². The minimum Gasteiger partial charge on any atom is -0.488 e. The third-order valence-electron chi connectivity index (χ3n) is 4.20. The molecule has 0 amide bonds. The van der Waals surface area contributed by atoms with Gasteiger partial charge < -0.3 is 15.4 Å². The predicted molar refractivity (Wildman–Crippen MR) is 102 cm³/mol. The number of benzene rings is 2. The third kappa shape index (κ3) is 4.54. The smallest absolute Gasteiger partial charge is 0.191 e. The molecule has 3 rings (SSSR count). The number of sulfone groups is 1. The van der Waals surface area contributed by atoms with Crippen molar-refractivity contribution in [1.82, 2.24) is 10.6 Å². The number of para-hydroxylation sites is 1. The van der Waals surface area contributed by atoms with Crippen LogP contribution in [0.15, 0.2) is 64.5 Å². The molecule has 0 saturated heterocycles. The van der Waals surface area contributed by atoms with E-state index in [9.17, 15) is 8.42 Å². The Morgan fingerprint density at radius 2 is 1.85 bits per heavy atom. The third-order valence-corrected chi connectivity index (χ3v) is 5.93. The zero-order valence-corrected chi connectivity index (χ0v) is 15.5. The Bertz CT molecular complexity index is 842. The average molecular weight is 373 g/mol. The number of aliphatic imine (C=N–C) groups is 1. The molecule has 0 aliphatic carbocycles. The van der Waals surface area contributed by atoms with Gasteiger partial charge in [-0.05, 0) is 23.8 Å². The number of hydrogen-bond donors (Lipinski definition) is 2. The Morgan fingerprint density at radius 1 is 1.12 bits per heavy atom. The number of rotatable bonds is 6. The molecule has 6 nitrogen and oxygen atoms in total. The summed E-state index contributed by atoms with van der Waals surface area (Å²) in [6.07, 6.45) is 0.890. The Kier molecular flexibility index (Phi) is 5.78. The molecule has 7 heteroatoms. The molecule has 1 heterocycles. The van der Waals surface area contributed by atoms with Crippen LogP contribution >= 0.6 is 0 Å². The first kappa shape index (κ1) is 18.3. The SMILES string of the molecule is CN=C(NCCS(=O)(=O)c1ccccc1)NCC1Cc2ccccc2O1. The van der Waals surface area contributed by atoms with Crippen LogP contribution in [0.2, 0.25) is 0 Å². The molecule has 0 fully saturated rings. The summed E-state index contributed by atoms with van der Waals surface area (Å²) in [5.74, 6) is 1.49. The molecule has 138 valence electrons. The molecule has 1 atom stereocenters. The standard InChI is InChI=1S/C19H23N3O3S/c1-20-19(21-11-12-26(23,24)17-8-3-2-4-9-17)22-14-16-13-15-7-5-6-10-18(15)25-16/h2-10,16H,11-14H2,1H3,(H2,20,21,22). The number of fused-ring (bicyclic) bond motifs is 1. The maximum absolute atomic E-state index is 12.3. The van der Waals surface area contributed by atoms with Gasteiger partial charge in [0.25, 0.3) is 0 Å². The summed E-state index contributed by atoms with van der Waals surface area (Å²) in [6, 6.07) is 16.5. The fraction of sp³-hybridized carbons (Fsp3) is 0.316. The second-order valence-electron chi connectivity index (χ2n) is 6.06. The zero-order chi connectivity index (χ0) is 18.4. The van der Waals surface area contributed by atoms with E-state index >= 15 is 0 Å². The van der Waals surface area contributed by atoms with Crippen LogP contribution in [-0.2, 0) is 16.3 Å². The summed E-state index contributed by atoms with van der Waals surface area (Å²) < 4.78 is 30.4. The summed E-state index contributed by atoms with van der Waals surface area (Å²) >= 11 is 0. The van der Waals surface area contributed by atoms with E-state index in [0.717, 1.165) is 12.2 Å². The first-order valence-electron chi connectivity index (χ1n) is 8.55. The molecule has 0 saturated carbocycles. The quantitative estimate of drug-likeness (QED) is 0.594. The van der Waals surface area contributed by atoms with Gasteiger partial charge in [0.1, 0.15) is 11.9 Å². The number of ether oxygens (including phenoxy) is 1. The van der Waals surface area contributed by atoms with Crippen molar-refractivity contribution in [2.75, 3.05) is 25.9 Å². The molecular formula is C19H23N3O3S. The highest BCUT2D eigenvalue weighted by Gasteiger charge is 2.22. The number of guanidine groups is 1. The second-order valence-corrected chi connectivity index (χ2v) is 8.17. The van der Waals surface area contributed by atoms with Crippen LogP contribution in [0.1, 0.15) is 5.56 Å². The summed E-state index contributed by atoms with van der Waals surface area (Å²) in [5, 5.41) is 6.24. The molecule has 2 aromatic rings. The van der Waals surface area contributed by atoms with Crippen LogP contribution in [0.25, 0.3) is 0 Å². The molecule has 1 unspecified atom stereocenters. The van der Waals surface area contributed by atoms with Gasteiger partial charge in [-0.25, -0.2) is 8.42 Å².